The minimum absolute atomic E-state index is 0.0878. The normalized spacial score (nSPS) is 23.8. The van der Waals surface area contributed by atoms with E-state index in [0.717, 1.165) is 48.4 Å². The van der Waals surface area contributed by atoms with Gasteiger partial charge < -0.3 is 20.1 Å². The van der Waals surface area contributed by atoms with Crippen LogP contribution in [-0.2, 0) is 4.79 Å². The average molecular weight is 447 g/mol. The number of anilines is 1. The molecule has 8 nitrogen and oxygen atoms in total. The van der Waals surface area contributed by atoms with Crippen molar-refractivity contribution >= 4 is 17.2 Å². The van der Waals surface area contributed by atoms with Crippen LogP contribution in [0.5, 0.6) is 11.5 Å². The number of fused-ring (bicyclic) bond motifs is 1. The first-order valence-corrected chi connectivity index (χ1v) is 10.0. The molecule has 3 aliphatic carbocycles. The highest BCUT2D eigenvalue weighted by atomic mass is 19.4. The second-order valence-electron chi connectivity index (χ2n) is 8.46. The molecule has 6 rings (SSSR count). The number of aromatic nitrogens is 3. The van der Waals surface area contributed by atoms with Gasteiger partial charge in [0, 0.05) is 23.5 Å². The molecule has 2 bridgehead atoms. The number of halogens is 3. The lowest BCUT2D eigenvalue weighted by atomic mass is 9.44. The third-order valence-corrected chi connectivity index (χ3v) is 5.76. The third kappa shape index (κ3) is 3.90. The first-order valence-electron chi connectivity index (χ1n) is 10.0. The fourth-order valence-electron chi connectivity index (χ4n) is 4.66. The Bertz CT molecular complexity index is 1160. The van der Waals surface area contributed by atoms with E-state index in [4.69, 9.17) is 4.74 Å². The van der Waals surface area contributed by atoms with E-state index in [-0.39, 0.29) is 35.1 Å². The van der Waals surface area contributed by atoms with Gasteiger partial charge in [-0.15, -0.1) is 13.2 Å². The van der Waals surface area contributed by atoms with Gasteiger partial charge in [-0.3, -0.25) is 4.79 Å². The van der Waals surface area contributed by atoms with Gasteiger partial charge in [0.1, 0.15) is 17.0 Å². The van der Waals surface area contributed by atoms with Gasteiger partial charge in [0.15, 0.2) is 12.4 Å². The van der Waals surface area contributed by atoms with Gasteiger partial charge in [-0.05, 0) is 56.5 Å². The molecule has 0 radical (unpaired) electrons. The Morgan fingerprint density at radius 3 is 2.53 bits per heavy atom. The van der Waals surface area contributed by atoms with E-state index in [9.17, 15) is 18.0 Å². The number of hydrogen-bond acceptors (Lipinski definition) is 6. The smallest absolute Gasteiger partial charge is 0.484 e. The largest absolute Gasteiger partial charge is 0.573 e. The highest BCUT2D eigenvalue weighted by molar-refractivity contribution is 5.79. The molecule has 1 aromatic carbocycles. The van der Waals surface area contributed by atoms with E-state index >= 15 is 0 Å². The summed E-state index contributed by atoms with van der Waals surface area (Å²) in [5.41, 5.74) is 1.48. The van der Waals surface area contributed by atoms with Crippen LogP contribution >= 0.6 is 0 Å². The standard InChI is InChI=1S/C21H20F3N5O3/c1-13-8-16-18(25-6-7-29(16)28-13)27-20-10-19(11-20,12-20)26-17(30)9-31-14-2-4-15(5-3-14)32-21(22,23)24/h2-8H,9-12H2,1H3,(H,25,27)(H,26,30). The van der Waals surface area contributed by atoms with Gasteiger partial charge in [-0.25, -0.2) is 9.50 Å². The van der Waals surface area contributed by atoms with E-state index < -0.39 is 6.36 Å². The van der Waals surface area contributed by atoms with Crippen LogP contribution in [-0.4, -0.2) is 44.6 Å². The second-order valence-corrected chi connectivity index (χ2v) is 8.46. The summed E-state index contributed by atoms with van der Waals surface area (Å²) in [5, 5.41) is 10.9. The topological polar surface area (TPSA) is 89.8 Å². The van der Waals surface area contributed by atoms with Crippen LogP contribution < -0.4 is 20.1 Å². The summed E-state index contributed by atoms with van der Waals surface area (Å²) in [6.07, 6.45) is 1.09. The van der Waals surface area contributed by atoms with E-state index in [1.54, 1.807) is 16.9 Å². The van der Waals surface area contributed by atoms with Crippen molar-refractivity contribution < 1.29 is 27.4 Å². The maximum absolute atomic E-state index is 12.3. The van der Waals surface area contributed by atoms with Crippen molar-refractivity contribution in [3.8, 4) is 11.5 Å². The lowest BCUT2D eigenvalue weighted by Crippen LogP contribution is -2.81. The number of rotatable bonds is 7. The number of nitrogens with zero attached hydrogens (tertiary/aromatic N) is 3. The van der Waals surface area contributed by atoms with Gasteiger partial charge in [0.05, 0.1) is 5.69 Å². The van der Waals surface area contributed by atoms with Crippen LogP contribution in [0.1, 0.15) is 25.0 Å². The van der Waals surface area contributed by atoms with Crippen LogP contribution in [0, 0.1) is 6.92 Å². The summed E-state index contributed by atoms with van der Waals surface area (Å²) in [6, 6.07) is 6.87. The number of carbonyl (C=O) groups excluding carboxylic acids is 1. The lowest BCUT2D eigenvalue weighted by Gasteiger charge is -2.70. The molecular formula is C21H20F3N5O3. The number of amides is 1. The molecule has 1 amide bonds. The summed E-state index contributed by atoms with van der Waals surface area (Å²) in [4.78, 5) is 16.7. The summed E-state index contributed by atoms with van der Waals surface area (Å²) in [6.45, 7) is 1.70. The highest BCUT2D eigenvalue weighted by Crippen LogP contribution is 2.61. The van der Waals surface area contributed by atoms with E-state index in [1.807, 2.05) is 13.0 Å². The molecule has 0 spiro atoms. The van der Waals surface area contributed by atoms with E-state index in [0.29, 0.717) is 0 Å². The number of aryl methyl sites for hydroxylation is 1. The Labute approximate surface area is 180 Å². The van der Waals surface area contributed by atoms with E-state index in [1.165, 1.54) is 12.1 Å². The Kier molecular flexibility index (Phi) is 4.47. The molecule has 3 fully saturated rings. The molecule has 168 valence electrons. The number of benzene rings is 1. The average Bonchev–Trinajstić information content (AvgIpc) is 3.05. The SMILES string of the molecule is Cc1cc2c(NC34CC(NC(=O)COc5ccc(OC(F)(F)F)cc5)(C3)C4)nccn2n1. The quantitative estimate of drug-likeness (QED) is 0.578. The molecular weight excluding hydrogens is 427 g/mol. The number of hydrogen-bond donors (Lipinski definition) is 2. The maximum Gasteiger partial charge on any atom is 0.573 e. The zero-order valence-electron chi connectivity index (χ0n) is 17.1. The summed E-state index contributed by atoms with van der Waals surface area (Å²) < 4.78 is 47.6. The number of alkyl halides is 3. The lowest BCUT2D eigenvalue weighted by molar-refractivity contribution is -0.274. The van der Waals surface area contributed by atoms with Gasteiger partial charge >= 0.3 is 6.36 Å². The molecule has 32 heavy (non-hydrogen) atoms. The third-order valence-electron chi connectivity index (χ3n) is 5.76. The Hall–Kier alpha value is -3.50. The predicted octanol–water partition coefficient (Wildman–Crippen LogP) is 3.22. The molecule has 2 N–H and O–H groups in total. The number of nitrogens with one attached hydrogen (secondary N) is 2. The predicted molar refractivity (Wildman–Crippen MR) is 107 cm³/mol. The van der Waals surface area contributed by atoms with Crippen LogP contribution in [0.3, 0.4) is 0 Å². The van der Waals surface area contributed by atoms with E-state index in [2.05, 4.69) is 25.5 Å². The number of carbonyl (C=O) groups is 1. The van der Waals surface area contributed by atoms with Gasteiger partial charge in [-0.1, -0.05) is 0 Å². The van der Waals surface area contributed by atoms with Crippen molar-refractivity contribution in [1.82, 2.24) is 19.9 Å². The van der Waals surface area contributed by atoms with Crippen LogP contribution in [0.4, 0.5) is 19.0 Å². The van der Waals surface area contributed by atoms with Crippen molar-refractivity contribution in [2.45, 2.75) is 43.6 Å². The van der Waals surface area contributed by atoms with Crippen LogP contribution in [0.15, 0.2) is 42.7 Å². The second kappa shape index (κ2) is 7.01. The molecule has 0 unspecified atom stereocenters. The maximum atomic E-state index is 12.3. The minimum atomic E-state index is -4.75. The fourth-order valence-corrected chi connectivity index (χ4v) is 4.66. The number of ether oxygens (including phenoxy) is 2. The first kappa shape index (κ1) is 20.4. The molecule has 2 aromatic heterocycles. The summed E-state index contributed by atoms with van der Waals surface area (Å²) >= 11 is 0. The Morgan fingerprint density at radius 2 is 1.84 bits per heavy atom. The van der Waals surface area contributed by atoms with Crippen molar-refractivity contribution in [2.75, 3.05) is 11.9 Å². The summed E-state index contributed by atoms with van der Waals surface area (Å²) in [5.74, 6) is 0.424. The summed E-state index contributed by atoms with van der Waals surface area (Å²) in [7, 11) is 0. The van der Waals surface area contributed by atoms with Crippen molar-refractivity contribution in [3.63, 3.8) is 0 Å². The monoisotopic (exact) mass is 447 g/mol. The zero-order valence-corrected chi connectivity index (χ0v) is 17.1. The molecule has 2 heterocycles. The minimum Gasteiger partial charge on any atom is -0.484 e. The Morgan fingerprint density at radius 1 is 1.16 bits per heavy atom. The van der Waals surface area contributed by atoms with Crippen LogP contribution in [0.2, 0.25) is 0 Å². The van der Waals surface area contributed by atoms with Gasteiger partial charge in [0.25, 0.3) is 5.91 Å². The first-order chi connectivity index (χ1) is 15.1. The molecule has 3 aliphatic rings. The van der Waals surface area contributed by atoms with Gasteiger partial charge in [0.2, 0.25) is 0 Å². The molecule has 3 aromatic rings. The molecule has 0 atom stereocenters. The molecule has 11 heteroatoms. The molecule has 0 aliphatic heterocycles. The molecule has 3 saturated carbocycles. The highest BCUT2D eigenvalue weighted by Gasteiger charge is 2.69. The van der Waals surface area contributed by atoms with Crippen molar-refractivity contribution in [1.29, 1.82) is 0 Å². The van der Waals surface area contributed by atoms with Crippen LogP contribution in [0.25, 0.3) is 5.52 Å². The van der Waals surface area contributed by atoms with Crippen molar-refractivity contribution in [3.05, 3.63) is 48.4 Å². The van der Waals surface area contributed by atoms with Crippen molar-refractivity contribution in [2.24, 2.45) is 0 Å². The van der Waals surface area contributed by atoms with Gasteiger partial charge in [-0.2, -0.15) is 5.10 Å². The molecule has 0 saturated heterocycles. The Balaban J connectivity index is 1.10. The zero-order chi connectivity index (χ0) is 22.6. The fraction of sp³-hybridized carbons (Fsp3) is 0.381.